The smallest absolute Gasteiger partial charge is 0.132 e. The molecule has 0 atom stereocenters. The molecule has 150 valence electrons. The number of aromatic nitrogens is 2. The van der Waals surface area contributed by atoms with Crippen molar-refractivity contribution in [1.29, 1.82) is 0 Å². The van der Waals surface area contributed by atoms with Gasteiger partial charge in [0.25, 0.3) is 0 Å². The van der Waals surface area contributed by atoms with Gasteiger partial charge in [-0.3, -0.25) is 4.90 Å². The molecule has 0 amide bonds. The van der Waals surface area contributed by atoms with Crippen LogP contribution in [-0.4, -0.2) is 28.0 Å². The van der Waals surface area contributed by atoms with E-state index in [1.807, 2.05) is 36.5 Å². The molecule has 0 radical (unpaired) electrons. The van der Waals surface area contributed by atoms with Crippen molar-refractivity contribution in [3.8, 4) is 12.3 Å². The second-order valence-electron chi connectivity index (χ2n) is 8.03. The first-order valence-corrected chi connectivity index (χ1v) is 10.4. The zero-order valence-corrected chi connectivity index (χ0v) is 17.7. The van der Waals surface area contributed by atoms with Crippen LogP contribution in [0.3, 0.4) is 0 Å². The van der Waals surface area contributed by atoms with Gasteiger partial charge in [0.05, 0.1) is 0 Å². The van der Waals surface area contributed by atoms with E-state index in [0.717, 1.165) is 43.1 Å². The molecule has 1 aromatic heterocycles. The molecule has 2 aromatic carbocycles. The van der Waals surface area contributed by atoms with E-state index in [1.54, 1.807) is 0 Å². The number of terminal acetylenes is 1. The van der Waals surface area contributed by atoms with Crippen LogP contribution in [0.1, 0.15) is 44.9 Å². The fourth-order valence-electron chi connectivity index (χ4n) is 4.07. The van der Waals surface area contributed by atoms with E-state index >= 15 is 0 Å². The van der Waals surface area contributed by atoms with Crippen molar-refractivity contribution in [2.75, 3.05) is 13.1 Å². The van der Waals surface area contributed by atoms with Gasteiger partial charge in [-0.25, -0.2) is 9.97 Å². The van der Waals surface area contributed by atoms with Crippen LogP contribution in [0.15, 0.2) is 60.8 Å². The Kier molecular flexibility index (Phi) is 6.07. The SMILES string of the molecule is C#Cc1ccc(Cc2nccc(Cc3c(C)cc(CN4CC=CC4)cc3C)n2)cc1. The van der Waals surface area contributed by atoms with Crippen LogP contribution in [0.4, 0.5) is 0 Å². The third kappa shape index (κ3) is 4.84. The van der Waals surface area contributed by atoms with Crippen molar-refractivity contribution in [1.82, 2.24) is 14.9 Å². The van der Waals surface area contributed by atoms with Crippen LogP contribution in [-0.2, 0) is 19.4 Å². The quantitative estimate of drug-likeness (QED) is 0.452. The fraction of sp³-hybridized carbons (Fsp3) is 0.259. The van der Waals surface area contributed by atoms with Gasteiger partial charge in [0, 0.05) is 49.9 Å². The van der Waals surface area contributed by atoms with E-state index in [0.29, 0.717) is 6.42 Å². The molecular formula is C27H27N3. The summed E-state index contributed by atoms with van der Waals surface area (Å²) in [5, 5.41) is 0. The number of hydrogen-bond donors (Lipinski definition) is 0. The summed E-state index contributed by atoms with van der Waals surface area (Å²) in [5.74, 6) is 3.49. The van der Waals surface area contributed by atoms with Gasteiger partial charge in [0.15, 0.2) is 0 Å². The van der Waals surface area contributed by atoms with Crippen molar-refractivity contribution in [2.24, 2.45) is 0 Å². The molecule has 0 aliphatic carbocycles. The first kappa shape index (κ1) is 20.1. The Morgan fingerprint density at radius 2 is 1.63 bits per heavy atom. The van der Waals surface area contributed by atoms with Crippen LogP contribution < -0.4 is 0 Å². The number of nitrogens with zero attached hydrogens (tertiary/aromatic N) is 3. The first-order valence-electron chi connectivity index (χ1n) is 10.4. The van der Waals surface area contributed by atoms with E-state index < -0.39 is 0 Å². The Bertz CT molecular complexity index is 1070. The third-order valence-electron chi connectivity index (χ3n) is 5.66. The molecule has 30 heavy (non-hydrogen) atoms. The Balaban J connectivity index is 1.48. The minimum Gasteiger partial charge on any atom is -0.292 e. The van der Waals surface area contributed by atoms with Crippen LogP contribution in [0.25, 0.3) is 0 Å². The normalized spacial score (nSPS) is 13.5. The topological polar surface area (TPSA) is 29.0 Å². The van der Waals surface area contributed by atoms with Gasteiger partial charge in [-0.15, -0.1) is 6.42 Å². The Morgan fingerprint density at radius 1 is 0.933 bits per heavy atom. The molecule has 1 aliphatic rings. The minimum atomic E-state index is 0.708. The van der Waals surface area contributed by atoms with E-state index in [-0.39, 0.29) is 0 Å². The summed E-state index contributed by atoms with van der Waals surface area (Å²) in [4.78, 5) is 11.7. The monoisotopic (exact) mass is 393 g/mol. The second kappa shape index (κ2) is 9.07. The van der Waals surface area contributed by atoms with Crippen molar-refractivity contribution < 1.29 is 0 Å². The van der Waals surface area contributed by atoms with Gasteiger partial charge in [-0.05, 0) is 59.9 Å². The van der Waals surface area contributed by atoms with Crippen LogP contribution in [0.2, 0.25) is 0 Å². The molecule has 0 saturated heterocycles. The molecule has 3 aromatic rings. The van der Waals surface area contributed by atoms with Gasteiger partial charge in [-0.1, -0.05) is 42.3 Å². The molecular weight excluding hydrogens is 366 g/mol. The molecule has 2 heterocycles. The molecule has 4 rings (SSSR count). The summed E-state index contributed by atoms with van der Waals surface area (Å²) in [7, 11) is 0. The number of hydrogen-bond acceptors (Lipinski definition) is 3. The molecule has 0 N–H and O–H groups in total. The fourth-order valence-corrected chi connectivity index (χ4v) is 4.07. The highest BCUT2D eigenvalue weighted by Gasteiger charge is 2.12. The van der Waals surface area contributed by atoms with Crippen molar-refractivity contribution >= 4 is 0 Å². The summed E-state index contributed by atoms with van der Waals surface area (Å²) in [6, 6.07) is 14.7. The van der Waals surface area contributed by atoms with Crippen LogP contribution in [0.5, 0.6) is 0 Å². The van der Waals surface area contributed by atoms with Crippen LogP contribution in [0, 0.1) is 26.2 Å². The summed E-state index contributed by atoms with van der Waals surface area (Å²) >= 11 is 0. The summed E-state index contributed by atoms with van der Waals surface area (Å²) in [6.45, 7) is 7.53. The lowest BCUT2D eigenvalue weighted by atomic mass is 9.95. The predicted molar refractivity (Wildman–Crippen MR) is 122 cm³/mol. The molecule has 0 bridgehead atoms. The summed E-state index contributed by atoms with van der Waals surface area (Å²) < 4.78 is 0. The van der Waals surface area contributed by atoms with Crippen molar-refractivity contribution in [3.05, 3.63) is 106 Å². The average Bonchev–Trinajstić information content (AvgIpc) is 3.25. The highest BCUT2D eigenvalue weighted by molar-refractivity contribution is 5.40. The Morgan fingerprint density at radius 3 is 2.30 bits per heavy atom. The highest BCUT2D eigenvalue weighted by Crippen LogP contribution is 2.21. The molecule has 1 aliphatic heterocycles. The van der Waals surface area contributed by atoms with Crippen molar-refractivity contribution in [3.63, 3.8) is 0 Å². The van der Waals surface area contributed by atoms with E-state index in [4.69, 9.17) is 11.4 Å². The maximum atomic E-state index is 5.44. The summed E-state index contributed by atoms with van der Waals surface area (Å²) in [5.41, 5.74) is 8.54. The summed E-state index contributed by atoms with van der Waals surface area (Å²) in [6.07, 6.45) is 13.3. The van der Waals surface area contributed by atoms with E-state index in [1.165, 1.54) is 27.8 Å². The lowest BCUT2D eigenvalue weighted by Gasteiger charge is -2.18. The van der Waals surface area contributed by atoms with Gasteiger partial charge in [0.1, 0.15) is 5.82 Å². The maximum absolute atomic E-state index is 5.44. The molecule has 0 fully saturated rings. The number of benzene rings is 2. The standard InChI is InChI=1S/C27H27N3/c1-4-22-7-9-23(10-8-22)17-27-28-12-11-25(29-27)18-26-20(2)15-24(16-21(26)3)19-30-13-5-6-14-30/h1,5-12,15-16H,13-14,17-19H2,2-3H3. The third-order valence-corrected chi connectivity index (χ3v) is 5.66. The average molecular weight is 394 g/mol. The van der Waals surface area contributed by atoms with Gasteiger partial charge in [-0.2, -0.15) is 0 Å². The second-order valence-corrected chi connectivity index (χ2v) is 8.03. The van der Waals surface area contributed by atoms with Gasteiger partial charge in [0.2, 0.25) is 0 Å². The highest BCUT2D eigenvalue weighted by atomic mass is 15.1. The van der Waals surface area contributed by atoms with E-state index in [2.05, 4.69) is 53.9 Å². The Labute approximate surface area is 179 Å². The number of aryl methyl sites for hydroxylation is 2. The van der Waals surface area contributed by atoms with E-state index in [9.17, 15) is 0 Å². The number of rotatable bonds is 6. The largest absolute Gasteiger partial charge is 0.292 e. The molecule has 0 saturated carbocycles. The minimum absolute atomic E-state index is 0.708. The van der Waals surface area contributed by atoms with Crippen LogP contribution >= 0.6 is 0 Å². The predicted octanol–water partition coefficient (Wildman–Crippen LogP) is 4.63. The zero-order chi connectivity index (χ0) is 20.9. The molecule has 3 heteroatoms. The molecule has 0 unspecified atom stereocenters. The lowest BCUT2D eigenvalue weighted by molar-refractivity contribution is 0.345. The molecule has 3 nitrogen and oxygen atoms in total. The lowest BCUT2D eigenvalue weighted by Crippen LogP contribution is -2.19. The zero-order valence-electron chi connectivity index (χ0n) is 17.7. The molecule has 0 spiro atoms. The van der Waals surface area contributed by atoms with Gasteiger partial charge >= 0.3 is 0 Å². The van der Waals surface area contributed by atoms with Gasteiger partial charge < -0.3 is 0 Å². The van der Waals surface area contributed by atoms with Crippen molar-refractivity contribution in [2.45, 2.75) is 33.2 Å². The maximum Gasteiger partial charge on any atom is 0.132 e. The first-order chi connectivity index (χ1) is 14.6. The Hall–Kier alpha value is -3.22.